The van der Waals surface area contributed by atoms with Crippen molar-refractivity contribution < 1.29 is 0 Å². The molecule has 0 aliphatic carbocycles. The molecule has 1 aromatic heterocycles. The highest BCUT2D eigenvalue weighted by Gasteiger charge is 2.16. The Morgan fingerprint density at radius 2 is 1.67 bits per heavy atom. The average Bonchev–Trinajstić information content (AvgIpc) is 2.46. The van der Waals surface area contributed by atoms with Crippen molar-refractivity contribution >= 4 is 7.28 Å². The smallest absolute Gasteiger partial charge is 0.138 e. The lowest BCUT2D eigenvalue weighted by Gasteiger charge is -2.19. The van der Waals surface area contributed by atoms with Gasteiger partial charge in [0.05, 0.1) is 0 Å². The Labute approximate surface area is 111 Å². The van der Waals surface area contributed by atoms with Crippen molar-refractivity contribution in [3.63, 3.8) is 0 Å². The molecule has 1 nitrogen and oxygen atoms in total. The minimum absolute atomic E-state index is 0.582. The van der Waals surface area contributed by atoms with Crippen LogP contribution in [-0.2, 0) is 0 Å². The molecule has 0 bridgehead atoms. The summed E-state index contributed by atoms with van der Waals surface area (Å²) in [7, 11) is 1.20. The van der Waals surface area contributed by atoms with Crippen LogP contribution >= 0.6 is 0 Å². The first kappa shape index (κ1) is 12.9. The van der Waals surface area contributed by atoms with E-state index in [2.05, 4.69) is 61.3 Å². The van der Waals surface area contributed by atoms with E-state index in [1.165, 1.54) is 24.8 Å². The monoisotopic (exact) mass is 237 g/mol. The van der Waals surface area contributed by atoms with Crippen LogP contribution in [-0.4, -0.2) is 12.3 Å². The maximum atomic E-state index is 4.09. The van der Waals surface area contributed by atoms with Crippen molar-refractivity contribution in [1.82, 2.24) is 4.98 Å². The SMILES string of the molecule is CCC(BC(C)c1ccncc1)c1ccccc1. The van der Waals surface area contributed by atoms with Crippen LogP contribution in [0.2, 0.25) is 0 Å². The van der Waals surface area contributed by atoms with Gasteiger partial charge >= 0.3 is 0 Å². The summed E-state index contributed by atoms with van der Waals surface area (Å²) in [5.74, 6) is 1.23. The van der Waals surface area contributed by atoms with E-state index in [1.807, 2.05) is 12.4 Å². The van der Waals surface area contributed by atoms with Crippen LogP contribution in [0, 0.1) is 0 Å². The van der Waals surface area contributed by atoms with Crippen molar-refractivity contribution in [2.24, 2.45) is 0 Å². The first-order chi connectivity index (χ1) is 8.81. The zero-order valence-electron chi connectivity index (χ0n) is 11.2. The van der Waals surface area contributed by atoms with Crippen LogP contribution in [0.15, 0.2) is 54.9 Å². The summed E-state index contributed by atoms with van der Waals surface area (Å²) < 4.78 is 0. The predicted molar refractivity (Wildman–Crippen MR) is 79.3 cm³/mol. The maximum absolute atomic E-state index is 4.09. The van der Waals surface area contributed by atoms with Crippen LogP contribution in [0.4, 0.5) is 0 Å². The van der Waals surface area contributed by atoms with Gasteiger partial charge in [-0.05, 0) is 29.3 Å². The third-order valence-electron chi connectivity index (χ3n) is 3.68. The first-order valence-corrected chi connectivity index (χ1v) is 6.76. The lowest BCUT2D eigenvalue weighted by Crippen LogP contribution is -2.14. The van der Waals surface area contributed by atoms with Crippen molar-refractivity contribution in [2.75, 3.05) is 0 Å². The fraction of sp³-hybridized carbons (Fsp3) is 0.312. The van der Waals surface area contributed by atoms with Gasteiger partial charge in [0.1, 0.15) is 7.28 Å². The van der Waals surface area contributed by atoms with E-state index in [4.69, 9.17) is 0 Å². The van der Waals surface area contributed by atoms with E-state index in [-0.39, 0.29) is 0 Å². The fourth-order valence-corrected chi connectivity index (χ4v) is 2.52. The summed E-state index contributed by atoms with van der Waals surface area (Å²) in [5.41, 5.74) is 2.85. The summed E-state index contributed by atoms with van der Waals surface area (Å²) in [5, 5.41) is 0. The minimum atomic E-state index is 0.582. The quantitative estimate of drug-likeness (QED) is 0.722. The van der Waals surface area contributed by atoms with Crippen LogP contribution < -0.4 is 0 Å². The van der Waals surface area contributed by atoms with Gasteiger partial charge in [0, 0.05) is 12.4 Å². The molecule has 2 rings (SSSR count). The second-order valence-corrected chi connectivity index (χ2v) is 4.93. The molecule has 2 unspecified atom stereocenters. The molecule has 0 aliphatic rings. The molecule has 2 atom stereocenters. The van der Waals surface area contributed by atoms with Gasteiger partial charge in [0.15, 0.2) is 0 Å². The first-order valence-electron chi connectivity index (χ1n) is 6.76. The zero-order chi connectivity index (χ0) is 12.8. The molecule has 0 N–H and O–H groups in total. The average molecular weight is 237 g/mol. The Kier molecular flexibility index (Phi) is 4.57. The zero-order valence-corrected chi connectivity index (χ0v) is 11.2. The Balaban J connectivity index is 2.07. The van der Waals surface area contributed by atoms with E-state index < -0.39 is 0 Å². The third-order valence-corrected chi connectivity index (χ3v) is 3.68. The van der Waals surface area contributed by atoms with E-state index in [0.29, 0.717) is 11.6 Å². The van der Waals surface area contributed by atoms with Gasteiger partial charge in [-0.1, -0.05) is 56.2 Å². The van der Waals surface area contributed by atoms with E-state index >= 15 is 0 Å². The number of hydrogen-bond acceptors (Lipinski definition) is 1. The Morgan fingerprint density at radius 1 is 1.00 bits per heavy atom. The lowest BCUT2D eigenvalue weighted by molar-refractivity contribution is 0.847. The van der Waals surface area contributed by atoms with E-state index in [9.17, 15) is 0 Å². The molecule has 0 fully saturated rings. The van der Waals surface area contributed by atoms with Crippen molar-refractivity contribution in [3.05, 3.63) is 66.0 Å². The standard InChI is InChI=1S/C16H20BN/c1-3-16(15-7-5-4-6-8-15)17-13(2)14-9-11-18-12-10-14/h4-13,16-17H,3H2,1-2H3. The largest absolute Gasteiger partial charge is 0.265 e. The van der Waals surface area contributed by atoms with E-state index in [0.717, 1.165) is 0 Å². The highest BCUT2D eigenvalue weighted by Crippen LogP contribution is 2.24. The minimum Gasteiger partial charge on any atom is -0.265 e. The van der Waals surface area contributed by atoms with Crippen LogP contribution in [0.3, 0.4) is 0 Å². The molecular formula is C16H20BN. The summed E-state index contributed by atoms with van der Waals surface area (Å²) in [6, 6.07) is 15.1. The maximum Gasteiger partial charge on any atom is 0.138 e. The summed E-state index contributed by atoms with van der Waals surface area (Å²) in [6.45, 7) is 4.58. The number of benzene rings is 1. The summed E-state index contributed by atoms with van der Waals surface area (Å²) in [6.07, 6.45) is 4.96. The van der Waals surface area contributed by atoms with Gasteiger partial charge < -0.3 is 0 Å². The molecule has 0 amide bonds. The third kappa shape index (κ3) is 3.22. The van der Waals surface area contributed by atoms with Crippen LogP contribution in [0.5, 0.6) is 0 Å². The molecule has 2 heteroatoms. The number of aromatic nitrogens is 1. The molecule has 1 heterocycles. The number of nitrogens with zero attached hydrogens (tertiary/aromatic N) is 1. The molecule has 1 aromatic carbocycles. The molecule has 0 spiro atoms. The molecule has 2 aromatic rings. The van der Waals surface area contributed by atoms with Crippen LogP contribution in [0.1, 0.15) is 43.0 Å². The number of hydrogen-bond donors (Lipinski definition) is 0. The molecule has 0 radical (unpaired) electrons. The van der Waals surface area contributed by atoms with Gasteiger partial charge in [0.25, 0.3) is 0 Å². The second kappa shape index (κ2) is 6.39. The van der Waals surface area contributed by atoms with Gasteiger partial charge in [-0.3, -0.25) is 4.98 Å². The molecule has 0 aliphatic heterocycles. The van der Waals surface area contributed by atoms with Crippen molar-refractivity contribution in [2.45, 2.75) is 31.9 Å². The van der Waals surface area contributed by atoms with Gasteiger partial charge in [-0.25, -0.2) is 0 Å². The number of pyridine rings is 1. The molecular weight excluding hydrogens is 217 g/mol. The predicted octanol–water partition coefficient (Wildman–Crippen LogP) is 3.73. The van der Waals surface area contributed by atoms with Crippen molar-refractivity contribution in [1.29, 1.82) is 0 Å². The number of rotatable bonds is 5. The highest BCUT2D eigenvalue weighted by molar-refractivity contribution is 6.40. The van der Waals surface area contributed by atoms with Gasteiger partial charge in [0.2, 0.25) is 0 Å². The normalized spacial score (nSPS) is 13.9. The highest BCUT2D eigenvalue weighted by atomic mass is 14.6. The Hall–Kier alpha value is -1.57. The Bertz CT molecular complexity index is 455. The molecule has 0 saturated carbocycles. The lowest BCUT2D eigenvalue weighted by atomic mass is 9.51. The fourth-order valence-electron chi connectivity index (χ4n) is 2.52. The Morgan fingerprint density at radius 3 is 2.28 bits per heavy atom. The van der Waals surface area contributed by atoms with Crippen LogP contribution in [0.25, 0.3) is 0 Å². The molecule has 92 valence electrons. The second-order valence-electron chi connectivity index (χ2n) is 4.93. The topological polar surface area (TPSA) is 12.9 Å². The van der Waals surface area contributed by atoms with Crippen molar-refractivity contribution in [3.8, 4) is 0 Å². The van der Waals surface area contributed by atoms with E-state index in [1.54, 1.807) is 0 Å². The summed E-state index contributed by atoms with van der Waals surface area (Å²) in [4.78, 5) is 4.09. The van der Waals surface area contributed by atoms with Gasteiger partial charge in [-0.2, -0.15) is 0 Å². The molecule has 18 heavy (non-hydrogen) atoms. The van der Waals surface area contributed by atoms with Gasteiger partial charge in [-0.15, -0.1) is 0 Å². The summed E-state index contributed by atoms with van der Waals surface area (Å²) >= 11 is 0. The molecule has 0 saturated heterocycles.